The summed E-state index contributed by atoms with van der Waals surface area (Å²) >= 11 is 0. The first kappa shape index (κ1) is 17.3. The average molecular weight is 321 g/mol. The van der Waals surface area contributed by atoms with E-state index >= 15 is 0 Å². The minimum Gasteiger partial charge on any atom is -0.395 e. The second-order valence-electron chi connectivity index (χ2n) is 5.37. The van der Waals surface area contributed by atoms with Crippen LogP contribution in [0.1, 0.15) is 18.9 Å². The van der Waals surface area contributed by atoms with Gasteiger partial charge >= 0.3 is 0 Å². The van der Waals surface area contributed by atoms with Gasteiger partial charge in [-0.3, -0.25) is 9.69 Å². The third kappa shape index (κ3) is 4.48. The molecule has 2 rings (SSSR count). The summed E-state index contributed by atoms with van der Waals surface area (Å²) in [7, 11) is 0. The van der Waals surface area contributed by atoms with Gasteiger partial charge in [0.25, 0.3) is 0 Å². The molecule has 0 radical (unpaired) electrons. The van der Waals surface area contributed by atoms with E-state index < -0.39 is 24.1 Å². The minimum absolute atomic E-state index is 0.143. The highest BCUT2D eigenvalue weighted by Crippen LogP contribution is 2.18. The van der Waals surface area contributed by atoms with E-state index in [1.54, 1.807) is 6.92 Å². The molecule has 23 heavy (non-hydrogen) atoms. The van der Waals surface area contributed by atoms with Gasteiger partial charge in [-0.2, -0.15) is 4.39 Å². The van der Waals surface area contributed by atoms with Crippen molar-refractivity contribution in [1.82, 2.24) is 15.2 Å². The Labute approximate surface area is 134 Å². The Hall–Kier alpha value is -2.01. The molecule has 0 aromatic carbocycles. The van der Waals surface area contributed by atoms with Gasteiger partial charge in [-0.15, -0.1) is 0 Å². The zero-order valence-corrected chi connectivity index (χ0v) is 12.9. The number of carbonyl (C=O) groups is 1. The normalized spacial score (nSPS) is 24.1. The van der Waals surface area contributed by atoms with Crippen LogP contribution in [-0.4, -0.2) is 63.9 Å². The van der Waals surface area contributed by atoms with Crippen molar-refractivity contribution >= 4 is 5.91 Å². The molecule has 1 fully saturated rings. The number of nitrogens with one attached hydrogen (secondary N) is 1. The number of hydrogen-bond acceptors (Lipinski definition) is 5. The van der Waals surface area contributed by atoms with Crippen LogP contribution in [0, 0.1) is 17.8 Å². The van der Waals surface area contributed by atoms with Crippen LogP contribution in [0.25, 0.3) is 0 Å². The van der Waals surface area contributed by atoms with Crippen LogP contribution in [0.4, 0.5) is 4.39 Å². The highest BCUT2D eigenvalue weighted by molar-refractivity contribution is 5.76. The van der Waals surface area contributed by atoms with Crippen molar-refractivity contribution in [1.29, 1.82) is 0 Å². The summed E-state index contributed by atoms with van der Waals surface area (Å²) in [5.74, 6) is 5.06. The van der Waals surface area contributed by atoms with Crippen molar-refractivity contribution < 1.29 is 19.4 Å². The summed E-state index contributed by atoms with van der Waals surface area (Å²) in [6.07, 6.45) is 0.837. The Morgan fingerprint density at radius 3 is 2.96 bits per heavy atom. The fourth-order valence-electron chi connectivity index (χ4n) is 2.52. The Kier molecular flexibility index (Phi) is 6.04. The van der Waals surface area contributed by atoms with Gasteiger partial charge in [-0.1, -0.05) is 18.8 Å². The number of aromatic nitrogens is 1. The topological polar surface area (TPSA) is 85.7 Å². The molecule has 6 nitrogen and oxygen atoms in total. The van der Waals surface area contributed by atoms with E-state index in [0.717, 1.165) is 0 Å². The van der Waals surface area contributed by atoms with Gasteiger partial charge in [0, 0.05) is 24.7 Å². The van der Waals surface area contributed by atoms with E-state index in [4.69, 9.17) is 0 Å². The lowest BCUT2D eigenvalue weighted by molar-refractivity contribution is -0.122. The number of amides is 1. The number of aliphatic hydroxyl groups is 2. The molecule has 0 spiro atoms. The molecule has 1 saturated heterocycles. The zero-order valence-electron chi connectivity index (χ0n) is 12.9. The highest BCUT2D eigenvalue weighted by Gasteiger charge is 2.40. The van der Waals surface area contributed by atoms with E-state index in [-0.39, 0.29) is 12.5 Å². The lowest BCUT2D eigenvalue weighted by Crippen LogP contribution is -2.45. The van der Waals surface area contributed by atoms with E-state index in [1.807, 2.05) is 4.90 Å². The molecule has 7 heteroatoms. The number of hydrogen-bond donors (Lipinski definition) is 3. The Balaban J connectivity index is 1.98. The molecule has 1 aliphatic rings. The molecule has 1 aromatic rings. The molecule has 0 saturated carbocycles. The van der Waals surface area contributed by atoms with Gasteiger partial charge in [0.15, 0.2) is 0 Å². The Morgan fingerprint density at radius 1 is 1.57 bits per heavy atom. The van der Waals surface area contributed by atoms with Crippen molar-refractivity contribution in [3.63, 3.8) is 0 Å². The van der Waals surface area contributed by atoms with E-state index in [2.05, 4.69) is 22.1 Å². The number of likely N-dealkylation sites (tertiary alicyclic amines) is 1. The van der Waals surface area contributed by atoms with Gasteiger partial charge in [0.05, 0.1) is 31.3 Å². The first-order valence-corrected chi connectivity index (χ1v) is 7.48. The maximum atomic E-state index is 12.7. The molecule has 1 aromatic heterocycles. The van der Waals surface area contributed by atoms with Gasteiger partial charge in [-0.25, -0.2) is 4.98 Å². The Bertz CT molecular complexity index is 597. The van der Waals surface area contributed by atoms with Crippen LogP contribution in [0.15, 0.2) is 18.3 Å². The molecule has 3 N–H and O–H groups in total. The maximum absolute atomic E-state index is 12.7. The smallest absolute Gasteiger partial charge is 0.220 e. The summed E-state index contributed by atoms with van der Waals surface area (Å²) in [5.41, 5.74) is 0.586. The van der Waals surface area contributed by atoms with Crippen LogP contribution in [0.2, 0.25) is 0 Å². The van der Waals surface area contributed by atoms with Crippen LogP contribution >= 0.6 is 0 Å². The first-order valence-electron chi connectivity index (χ1n) is 7.48. The number of pyridine rings is 1. The van der Waals surface area contributed by atoms with Crippen molar-refractivity contribution in [2.45, 2.75) is 31.5 Å². The average Bonchev–Trinajstić information content (AvgIpc) is 2.84. The minimum atomic E-state index is -0.843. The van der Waals surface area contributed by atoms with Crippen molar-refractivity contribution in [3.05, 3.63) is 29.8 Å². The Morgan fingerprint density at radius 2 is 2.35 bits per heavy atom. The number of nitrogens with zero attached hydrogens (tertiary/aromatic N) is 2. The molecule has 1 aliphatic heterocycles. The fraction of sp³-hybridized carbons (Fsp3) is 0.500. The van der Waals surface area contributed by atoms with Crippen molar-refractivity contribution in [2.75, 3.05) is 19.7 Å². The third-order valence-corrected chi connectivity index (χ3v) is 3.80. The van der Waals surface area contributed by atoms with Crippen LogP contribution < -0.4 is 5.32 Å². The van der Waals surface area contributed by atoms with Gasteiger partial charge < -0.3 is 15.5 Å². The molecule has 124 valence electrons. The fourth-order valence-corrected chi connectivity index (χ4v) is 2.52. The van der Waals surface area contributed by atoms with Gasteiger partial charge in [0.2, 0.25) is 11.9 Å². The van der Waals surface area contributed by atoms with Crippen LogP contribution in [0.5, 0.6) is 0 Å². The number of aliphatic hydroxyl groups excluding tert-OH is 2. The van der Waals surface area contributed by atoms with Crippen LogP contribution in [0.3, 0.4) is 0 Å². The van der Waals surface area contributed by atoms with Gasteiger partial charge in [0.1, 0.15) is 0 Å². The van der Waals surface area contributed by atoms with E-state index in [9.17, 15) is 19.4 Å². The summed E-state index contributed by atoms with van der Waals surface area (Å²) in [5, 5.41) is 22.4. The van der Waals surface area contributed by atoms with E-state index in [0.29, 0.717) is 25.1 Å². The molecule has 3 atom stereocenters. The quantitative estimate of drug-likeness (QED) is 0.514. The van der Waals surface area contributed by atoms with Crippen molar-refractivity contribution in [3.8, 4) is 11.8 Å². The third-order valence-electron chi connectivity index (χ3n) is 3.80. The number of carbonyl (C=O) groups excluding carboxylic acids is 1. The monoisotopic (exact) mass is 321 g/mol. The number of rotatable bonds is 4. The van der Waals surface area contributed by atoms with E-state index in [1.165, 1.54) is 18.3 Å². The molecule has 2 heterocycles. The lowest BCUT2D eigenvalue weighted by Gasteiger charge is -2.21. The predicted octanol–water partition coefficient (Wildman–Crippen LogP) is -0.496. The molecular weight excluding hydrogens is 301 g/mol. The number of halogens is 1. The van der Waals surface area contributed by atoms with Crippen molar-refractivity contribution in [2.24, 2.45) is 0 Å². The summed E-state index contributed by atoms with van der Waals surface area (Å²) in [4.78, 5) is 16.8. The molecule has 1 amide bonds. The highest BCUT2D eigenvalue weighted by atomic mass is 19.1. The molecule has 0 bridgehead atoms. The maximum Gasteiger partial charge on any atom is 0.220 e. The molecular formula is C16H20FN3O3. The SMILES string of the molecule is CCC(=O)NC1CN(CC#Cc2ccc(F)nc2)C(CO)C1O. The standard InChI is InChI=1S/C16H20FN3O3/c1-2-15(22)19-12-9-20(13(10-21)16(12)23)7-3-4-11-5-6-14(17)18-8-11/h5-6,8,12-13,16,21,23H,2,7,9-10H2,1H3,(H,19,22). The molecule has 0 aliphatic carbocycles. The first-order chi connectivity index (χ1) is 11.0. The second-order valence-corrected chi connectivity index (χ2v) is 5.37. The zero-order chi connectivity index (χ0) is 16.8. The predicted molar refractivity (Wildman–Crippen MR) is 81.7 cm³/mol. The summed E-state index contributed by atoms with van der Waals surface area (Å²) in [6, 6.07) is 1.87. The summed E-state index contributed by atoms with van der Waals surface area (Å²) in [6.45, 7) is 2.24. The summed E-state index contributed by atoms with van der Waals surface area (Å²) < 4.78 is 12.7. The van der Waals surface area contributed by atoms with Crippen LogP contribution in [-0.2, 0) is 4.79 Å². The largest absolute Gasteiger partial charge is 0.395 e. The molecule has 3 unspecified atom stereocenters. The van der Waals surface area contributed by atoms with Gasteiger partial charge in [-0.05, 0) is 12.1 Å². The lowest BCUT2D eigenvalue weighted by atomic mass is 10.1. The second kappa shape index (κ2) is 8.02.